The molecule has 0 atom stereocenters. The van der Waals surface area contributed by atoms with E-state index in [2.05, 4.69) is 11.9 Å². The van der Waals surface area contributed by atoms with Crippen molar-refractivity contribution in [2.24, 2.45) is 11.8 Å². The first-order chi connectivity index (χ1) is 10.7. The first-order valence-corrected chi connectivity index (χ1v) is 8.41. The Labute approximate surface area is 132 Å². The highest BCUT2D eigenvalue weighted by molar-refractivity contribution is 5.79. The van der Waals surface area contributed by atoms with Gasteiger partial charge in [-0.3, -0.25) is 9.78 Å². The van der Waals surface area contributed by atoms with Crippen LogP contribution in [-0.4, -0.2) is 29.4 Å². The average molecular weight is 302 g/mol. The van der Waals surface area contributed by atoms with Gasteiger partial charge in [0.2, 0.25) is 5.91 Å². The highest BCUT2D eigenvalue weighted by atomic mass is 16.5. The van der Waals surface area contributed by atoms with Crippen LogP contribution in [0.5, 0.6) is 0 Å². The standard InChI is InChI=1S/C18H26N2O2/c1-13-3-5-14(6-4-13)18(21)20-8-7-17-15(11-20)9-19-10-16(17)12-22-2/h9-10,13-14H,3-8,11-12H2,1-2H3. The number of nitrogens with zero attached hydrogens (tertiary/aromatic N) is 2. The molecule has 3 rings (SSSR count). The molecule has 0 unspecified atom stereocenters. The molecule has 4 heteroatoms. The molecule has 1 saturated carbocycles. The molecule has 1 fully saturated rings. The molecule has 1 aliphatic carbocycles. The summed E-state index contributed by atoms with van der Waals surface area (Å²) in [6, 6.07) is 0. The second-order valence-corrected chi connectivity index (χ2v) is 6.84. The van der Waals surface area contributed by atoms with Gasteiger partial charge in [0.05, 0.1) is 6.61 Å². The molecular weight excluding hydrogens is 276 g/mol. The number of rotatable bonds is 3. The van der Waals surface area contributed by atoms with E-state index in [1.807, 2.05) is 17.3 Å². The van der Waals surface area contributed by atoms with Crippen molar-refractivity contribution < 1.29 is 9.53 Å². The third-order valence-electron chi connectivity index (χ3n) is 5.21. The van der Waals surface area contributed by atoms with E-state index < -0.39 is 0 Å². The Morgan fingerprint density at radius 2 is 2.09 bits per heavy atom. The number of fused-ring (bicyclic) bond motifs is 1. The molecule has 120 valence electrons. The Balaban J connectivity index is 1.69. The molecule has 1 amide bonds. The second-order valence-electron chi connectivity index (χ2n) is 6.84. The van der Waals surface area contributed by atoms with Gasteiger partial charge >= 0.3 is 0 Å². The van der Waals surface area contributed by atoms with Gasteiger partial charge in [-0.1, -0.05) is 6.92 Å². The van der Waals surface area contributed by atoms with E-state index in [9.17, 15) is 4.79 Å². The molecular formula is C18H26N2O2. The van der Waals surface area contributed by atoms with Crippen molar-refractivity contribution in [1.82, 2.24) is 9.88 Å². The number of pyridine rings is 1. The van der Waals surface area contributed by atoms with Crippen LogP contribution in [0.4, 0.5) is 0 Å². The zero-order valence-corrected chi connectivity index (χ0v) is 13.7. The Hall–Kier alpha value is -1.42. The maximum absolute atomic E-state index is 12.8. The van der Waals surface area contributed by atoms with Crippen molar-refractivity contribution >= 4 is 5.91 Å². The molecule has 2 heterocycles. The first kappa shape index (κ1) is 15.5. The third-order valence-corrected chi connectivity index (χ3v) is 5.21. The molecule has 1 aromatic heterocycles. The lowest BCUT2D eigenvalue weighted by Crippen LogP contribution is -2.41. The van der Waals surface area contributed by atoms with Gasteiger partial charge < -0.3 is 9.64 Å². The molecule has 1 aromatic rings. The van der Waals surface area contributed by atoms with Crippen LogP contribution >= 0.6 is 0 Å². The topological polar surface area (TPSA) is 42.4 Å². The van der Waals surface area contributed by atoms with E-state index in [4.69, 9.17) is 4.74 Å². The quantitative estimate of drug-likeness (QED) is 0.862. The van der Waals surface area contributed by atoms with Crippen molar-refractivity contribution in [1.29, 1.82) is 0 Å². The number of aromatic nitrogens is 1. The van der Waals surface area contributed by atoms with Crippen LogP contribution in [0, 0.1) is 11.8 Å². The summed E-state index contributed by atoms with van der Waals surface area (Å²) in [5, 5.41) is 0. The van der Waals surface area contributed by atoms with Gasteiger partial charge in [0, 0.05) is 38.5 Å². The normalized spacial score (nSPS) is 24.9. The van der Waals surface area contributed by atoms with E-state index >= 15 is 0 Å². The van der Waals surface area contributed by atoms with Crippen molar-refractivity contribution in [3.8, 4) is 0 Å². The van der Waals surface area contributed by atoms with Crippen molar-refractivity contribution in [3.63, 3.8) is 0 Å². The van der Waals surface area contributed by atoms with Gasteiger partial charge in [-0.25, -0.2) is 0 Å². The minimum atomic E-state index is 0.243. The van der Waals surface area contributed by atoms with E-state index in [0.29, 0.717) is 19.1 Å². The Bertz CT molecular complexity index is 536. The number of hydrogen-bond acceptors (Lipinski definition) is 3. The van der Waals surface area contributed by atoms with E-state index in [-0.39, 0.29) is 5.92 Å². The summed E-state index contributed by atoms with van der Waals surface area (Å²) in [4.78, 5) is 19.1. The zero-order chi connectivity index (χ0) is 15.5. The summed E-state index contributed by atoms with van der Waals surface area (Å²) in [6.45, 7) is 4.44. The Kier molecular flexibility index (Phi) is 4.77. The van der Waals surface area contributed by atoms with E-state index in [0.717, 1.165) is 31.7 Å². The first-order valence-electron chi connectivity index (χ1n) is 8.41. The lowest BCUT2D eigenvalue weighted by atomic mass is 9.82. The number of amides is 1. The molecule has 0 radical (unpaired) electrons. The van der Waals surface area contributed by atoms with Crippen molar-refractivity contribution in [2.45, 2.75) is 52.2 Å². The van der Waals surface area contributed by atoms with Crippen LogP contribution in [-0.2, 0) is 29.1 Å². The summed E-state index contributed by atoms with van der Waals surface area (Å²) in [7, 11) is 1.71. The van der Waals surface area contributed by atoms with Gasteiger partial charge in [0.1, 0.15) is 0 Å². The number of methoxy groups -OCH3 is 1. The predicted octanol–water partition coefficient (Wildman–Crippen LogP) is 2.94. The highest BCUT2D eigenvalue weighted by Crippen LogP contribution is 2.31. The van der Waals surface area contributed by atoms with Gasteiger partial charge in [0.15, 0.2) is 0 Å². The van der Waals surface area contributed by atoms with E-state index in [1.54, 1.807) is 7.11 Å². The number of hydrogen-bond donors (Lipinski definition) is 0. The van der Waals surface area contributed by atoms with Gasteiger partial charge in [-0.2, -0.15) is 0 Å². The molecule has 1 aliphatic heterocycles. The lowest BCUT2D eigenvalue weighted by Gasteiger charge is -2.34. The zero-order valence-electron chi connectivity index (χ0n) is 13.7. The second kappa shape index (κ2) is 6.78. The van der Waals surface area contributed by atoms with Crippen molar-refractivity contribution in [2.75, 3.05) is 13.7 Å². The van der Waals surface area contributed by atoms with Gasteiger partial charge in [0.25, 0.3) is 0 Å². The SMILES string of the molecule is COCc1cncc2c1CCN(C(=O)C1CCC(C)CC1)C2. The molecule has 0 aromatic carbocycles. The Morgan fingerprint density at radius 3 is 2.82 bits per heavy atom. The fraction of sp³-hybridized carbons (Fsp3) is 0.667. The molecule has 2 aliphatic rings. The van der Waals surface area contributed by atoms with Crippen LogP contribution in [0.1, 0.15) is 49.3 Å². The van der Waals surface area contributed by atoms with Crippen LogP contribution in [0.3, 0.4) is 0 Å². The number of carbonyl (C=O) groups excluding carboxylic acids is 1. The number of ether oxygens (including phenoxy) is 1. The van der Waals surface area contributed by atoms with E-state index in [1.165, 1.54) is 29.5 Å². The van der Waals surface area contributed by atoms with Crippen LogP contribution in [0.25, 0.3) is 0 Å². The maximum atomic E-state index is 12.8. The van der Waals surface area contributed by atoms with Crippen LogP contribution in [0.15, 0.2) is 12.4 Å². The monoisotopic (exact) mass is 302 g/mol. The summed E-state index contributed by atoms with van der Waals surface area (Å²) < 4.78 is 5.25. The lowest BCUT2D eigenvalue weighted by molar-refractivity contribution is -0.137. The van der Waals surface area contributed by atoms with Crippen molar-refractivity contribution in [3.05, 3.63) is 29.1 Å². The summed E-state index contributed by atoms with van der Waals surface area (Å²) in [6.07, 6.45) is 9.24. The fourth-order valence-electron chi connectivity index (χ4n) is 3.80. The Morgan fingerprint density at radius 1 is 1.32 bits per heavy atom. The molecule has 22 heavy (non-hydrogen) atoms. The smallest absolute Gasteiger partial charge is 0.225 e. The number of carbonyl (C=O) groups is 1. The highest BCUT2D eigenvalue weighted by Gasteiger charge is 2.30. The molecule has 4 nitrogen and oxygen atoms in total. The van der Waals surface area contributed by atoms with Crippen LogP contribution < -0.4 is 0 Å². The minimum absolute atomic E-state index is 0.243. The molecule has 0 N–H and O–H groups in total. The minimum Gasteiger partial charge on any atom is -0.380 e. The van der Waals surface area contributed by atoms with Crippen LogP contribution in [0.2, 0.25) is 0 Å². The van der Waals surface area contributed by atoms with Gasteiger partial charge in [-0.05, 0) is 54.7 Å². The van der Waals surface area contributed by atoms with Gasteiger partial charge in [-0.15, -0.1) is 0 Å². The third kappa shape index (κ3) is 3.17. The summed E-state index contributed by atoms with van der Waals surface area (Å²) in [5.41, 5.74) is 3.69. The average Bonchev–Trinajstić information content (AvgIpc) is 2.55. The summed E-state index contributed by atoms with van der Waals surface area (Å²) >= 11 is 0. The summed E-state index contributed by atoms with van der Waals surface area (Å²) in [5.74, 6) is 1.38. The maximum Gasteiger partial charge on any atom is 0.225 e. The largest absolute Gasteiger partial charge is 0.380 e. The molecule has 0 spiro atoms. The predicted molar refractivity (Wildman–Crippen MR) is 85.2 cm³/mol. The molecule has 0 bridgehead atoms. The molecule has 0 saturated heterocycles. The fourth-order valence-corrected chi connectivity index (χ4v) is 3.80.